The second-order valence-corrected chi connectivity index (χ2v) is 8.80. The van der Waals surface area contributed by atoms with E-state index in [9.17, 15) is 9.59 Å². The van der Waals surface area contributed by atoms with E-state index < -0.39 is 0 Å². The minimum absolute atomic E-state index is 0.179. The molecule has 2 unspecified atom stereocenters. The summed E-state index contributed by atoms with van der Waals surface area (Å²) in [6.07, 6.45) is 1.81. The second-order valence-electron chi connectivity index (χ2n) is 8.80. The maximum atomic E-state index is 12.7. The number of carbonyl (C=O) groups excluding carboxylic acids is 2. The number of nitrogens with zero attached hydrogens (tertiary/aromatic N) is 2. The van der Waals surface area contributed by atoms with Crippen molar-refractivity contribution in [1.29, 1.82) is 0 Å². The van der Waals surface area contributed by atoms with E-state index in [1.807, 2.05) is 52.5 Å². The van der Waals surface area contributed by atoms with Gasteiger partial charge in [0.05, 0.1) is 0 Å². The Morgan fingerprint density at radius 3 is 1.48 bits per heavy atom. The van der Waals surface area contributed by atoms with Crippen molar-refractivity contribution in [1.82, 2.24) is 9.80 Å². The van der Waals surface area contributed by atoms with E-state index in [0.29, 0.717) is 12.8 Å². The van der Waals surface area contributed by atoms with Crippen LogP contribution in [0.1, 0.15) is 58.5 Å². The van der Waals surface area contributed by atoms with Crippen molar-refractivity contribution in [2.24, 2.45) is 0 Å². The van der Waals surface area contributed by atoms with Gasteiger partial charge in [-0.25, -0.2) is 0 Å². The first-order chi connectivity index (χ1) is 13.7. The number of ketones is 2. The predicted octanol–water partition coefficient (Wildman–Crippen LogP) is 4.30. The van der Waals surface area contributed by atoms with Gasteiger partial charge >= 0.3 is 0 Å². The van der Waals surface area contributed by atoms with Crippen LogP contribution >= 0.6 is 0 Å². The number of benzene rings is 2. The zero-order valence-corrected chi connectivity index (χ0v) is 18.5. The van der Waals surface area contributed by atoms with E-state index >= 15 is 0 Å². The Kier molecular flexibility index (Phi) is 6.35. The van der Waals surface area contributed by atoms with Crippen molar-refractivity contribution in [2.75, 3.05) is 28.2 Å². The quantitative estimate of drug-likeness (QED) is 0.536. The van der Waals surface area contributed by atoms with Crippen molar-refractivity contribution in [3.05, 3.63) is 58.7 Å². The Labute approximate surface area is 174 Å². The predicted molar refractivity (Wildman–Crippen MR) is 119 cm³/mol. The number of carbonyl (C=O) groups is 2. The Morgan fingerprint density at radius 1 is 0.759 bits per heavy atom. The molecule has 0 heterocycles. The molecule has 29 heavy (non-hydrogen) atoms. The molecule has 3 rings (SSSR count). The lowest BCUT2D eigenvalue weighted by Crippen LogP contribution is -2.27. The van der Waals surface area contributed by atoms with Crippen molar-refractivity contribution in [3.8, 4) is 11.1 Å². The molecule has 0 fully saturated rings. The third-order valence-electron chi connectivity index (χ3n) is 6.25. The first-order valence-corrected chi connectivity index (χ1v) is 10.3. The molecule has 0 amide bonds. The van der Waals surface area contributed by atoms with Gasteiger partial charge in [-0.05, 0) is 82.8 Å². The summed E-state index contributed by atoms with van der Waals surface area (Å²) in [5.74, 6) is 0.358. The van der Waals surface area contributed by atoms with Crippen molar-refractivity contribution in [2.45, 2.75) is 45.2 Å². The fourth-order valence-corrected chi connectivity index (χ4v) is 3.69. The summed E-state index contributed by atoms with van der Waals surface area (Å²) in [5.41, 5.74) is 6.27. The Bertz CT molecular complexity index is 855. The molecular formula is C25H32N2O2. The monoisotopic (exact) mass is 392 g/mol. The van der Waals surface area contributed by atoms with Crippen LogP contribution in [0.25, 0.3) is 11.1 Å². The molecule has 0 aromatic heterocycles. The molecule has 2 aromatic rings. The van der Waals surface area contributed by atoms with Crippen LogP contribution in [-0.2, 0) is 6.42 Å². The summed E-state index contributed by atoms with van der Waals surface area (Å²) < 4.78 is 0. The molecule has 0 saturated carbocycles. The normalized spacial score (nSPS) is 14.6. The van der Waals surface area contributed by atoms with Gasteiger partial charge in [-0.3, -0.25) is 9.59 Å². The smallest absolute Gasteiger partial charge is 0.164 e. The third kappa shape index (κ3) is 4.65. The highest BCUT2D eigenvalue weighted by Crippen LogP contribution is 2.38. The van der Waals surface area contributed by atoms with Crippen molar-refractivity contribution < 1.29 is 9.59 Å². The zero-order chi connectivity index (χ0) is 21.3. The van der Waals surface area contributed by atoms with E-state index in [1.165, 1.54) is 22.3 Å². The molecule has 0 saturated heterocycles. The summed E-state index contributed by atoms with van der Waals surface area (Å²) >= 11 is 0. The molecule has 1 aliphatic carbocycles. The largest absolute Gasteiger partial charge is 0.306 e. The average Bonchev–Trinajstić information content (AvgIpc) is 3.04. The standard InChI is InChI=1S/C25H32N2O2/c1-16(26(3)4)11-24(28)18-7-9-22-20(13-18)15-21-14-19(8-10-23(21)22)25(29)12-17(2)27(5)6/h7-10,13-14,16-17H,11-12,15H2,1-6H3. The first kappa shape index (κ1) is 21.4. The van der Waals surface area contributed by atoms with Crippen LogP contribution in [0.5, 0.6) is 0 Å². The van der Waals surface area contributed by atoms with E-state index in [-0.39, 0.29) is 23.7 Å². The molecular weight excluding hydrogens is 360 g/mol. The summed E-state index contributed by atoms with van der Waals surface area (Å²) in [6, 6.07) is 12.5. The van der Waals surface area contributed by atoms with Crippen LogP contribution in [0, 0.1) is 0 Å². The molecule has 0 N–H and O–H groups in total. The molecule has 154 valence electrons. The van der Waals surface area contributed by atoms with Crippen LogP contribution < -0.4 is 0 Å². The molecule has 4 heteroatoms. The molecule has 2 atom stereocenters. The van der Waals surface area contributed by atoms with Gasteiger partial charge in [0, 0.05) is 36.1 Å². The highest BCUT2D eigenvalue weighted by molar-refractivity contribution is 5.99. The summed E-state index contributed by atoms with van der Waals surface area (Å²) in [5, 5.41) is 0. The Hall–Kier alpha value is -2.30. The number of hydrogen-bond acceptors (Lipinski definition) is 4. The van der Waals surface area contributed by atoms with Crippen LogP contribution in [0.4, 0.5) is 0 Å². The van der Waals surface area contributed by atoms with Gasteiger partial charge in [0.25, 0.3) is 0 Å². The van der Waals surface area contributed by atoms with Crippen LogP contribution in [0.2, 0.25) is 0 Å². The Morgan fingerprint density at radius 2 is 1.14 bits per heavy atom. The second kappa shape index (κ2) is 8.60. The lowest BCUT2D eigenvalue weighted by Gasteiger charge is -2.18. The summed E-state index contributed by atoms with van der Waals surface area (Å²) in [4.78, 5) is 29.4. The van der Waals surface area contributed by atoms with Gasteiger partial charge < -0.3 is 9.80 Å². The van der Waals surface area contributed by atoms with Gasteiger partial charge in [0.15, 0.2) is 11.6 Å². The number of hydrogen-bond donors (Lipinski definition) is 0. The van der Waals surface area contributed by atoms with Gasteiger partial charge in [-0.15, -0.1) is 0 Å². The number of rotatable bonds is 8. The maximum Gasteiger partial charge on any atom is 0.164 e. The topological polar surface area (TPSA) is 40.6 Å². The highest BCUT2D eigenvalue weighted by atomic mass is 16.1. The van der Waals surface area contributed by atoms with Crippen LogP contribution in [0.15, 0.2) is 36.4 Å². The Balaban J connectivity index is 1.78. The van der Waals surface area contributed by atoms with Gasteiger partial charge in [0.2, 0.25) is 0 Å². The first-order valence-electron chi connectivity index (χ1n) is 10.3. The van der Waals surface area contributed by atoms with Crippen molar-refractivity contribution in [3.63, 3.8) is 0 Å². The molecule has 1 aliphatic rings. The number of fused-ring (bicyclic) bond motifs is 3. The average molecular weight is 393 g/mol. The highest BCUT2D eigenvalue weighted by Gasteiger charge is 2.22. The van der Waals surface area contributed by atoms with Crippen molar-refractivity contribution >= 4 is 11.6 Å². The molecule has 0 bridgehead atoms. The molecule has 0 aliphatic heterocycles. The SMILES string of the molecule is CC(CC(=O)c1ccc2c(c1)Cc1cc(C(=O)CC(C)N(C)C)ccc1-2)N(C)C. The van der Waals surface area contributed by atoms with E-state index in [1.54, 1.807) is 0 Å². The van der Waals surface area contributed by atoms with E-state index in [2.05, 4.69) is 35.8 Å². The maximum absolute atomic E-state index is 12.7. The van der Waals surface area contributed by atoms with Gasteiger partial charge in [-0.1, -0.05) is 24.3 Å². The number of Topliss-reactive ketones (excluding diaryl/α,β-unsaturated/α-hetero) is 2. The van der Waals surface area contributed by atoms with Gasteiger partial charge in [0.1, 0.15) is 0 Å². The zero-order valence-electron chi connectivity index (χ0n) is 18.5. The lowest BCUT2D eigenvalue weighted by molar-refractivity contribution is 0.0942. The molecule has 2 aromatic carbocycles. The summed E-state index contributed by atoms with van der Waals surface area (Å²) in [6.45, 7) is 4.13. The molecule has 0 spiro atoms. The van der Waals surface area contributed by atoms with E-state index in [0.717, 1.165) is 17.5 Å². The molecule has 4 nitrogen and oxygen atoms in total. The third-order valence-corrected chi connectivity index (χ3v) is 6.25. The summed E-state index contributed by atoms with van der Waals surface area (Å²) in [7, 11) is 7.98. The minimum Gasteiger partial charge on any atom is -0.306 e. The van der Waals surface area contributed by atoms with Crippen LogP contribution in [-0.4, -0.2) is 61.6 Å². The van der Waals surface area contributed by atoms with Crippen LogP contribution in [0.3, 0.4) is 0 Å². The minimum atomic E-state index is 0.179. The lowest BCUT2D eigenvalue weighted by atomic mass is 9.97. The molecule has 0 radical (unpaired) electrons. The van der Waals surface area contributed by atoms with Gasteiger partial charge in [-0.2, -0.15) is 0 Å². The fourth-order valence-electron chi connectivity index (χ4n) is 3.69. The van der Waals surface area contributed by atoms with E-state index in [4.69, 9.17) is 0 Å². The fraction of sp³-hybridized carbons (Fsp3) is 0.440.